The molecule has 0 nitrogen and oxygen atoms in total. The summed E-state index contributed by atoms with van der Waals surface area (Å²) in [6.45, 7) is -2.34. The minimum Gasteiger partial charge on any atom is -0.244 e. The lowest BCUT2D eigenvalue weighted by Gasteiger charge is -2.13. The molecule has 0 aliphatic rings. The summed E-state index contributed by atoms with van der Waals surface area (Å²) >= 11 is 0. The van der Waals surface area contributed by atoms with Gasteiger partial charge < -0.3 is 0 Å². The zero-order valence-corrected chi connectivity index (χ0v) is 6.93. The Morgan fingerprint density at radius 3 is 1.93 bits per heavy atom. The molecule has 7 heteroatoms. The van der Waals surface area contributed by atoms with Crippen molar-refractivity contribution in [2.24, 2.45) is 0 Å². The summed E-state index contributed by atoms with van der Waals surface area (Å²) in [5, 5.41) is 0. The number of halogens is 7. The third-order valence-corrected chi connectivity index (χ3v) is 1.66. The second kappa shape index (κ2) is 3.71. The fourth-order valence-corrected chi connectivity index (χ4v) is 0.911. The average molecular weight is 232 g/mol. The Bertz CT molecular complexity index is 385. The lowest BCUT2D eigenvalue weighted by molar-refractivity contribution is -0.0321. The first-order valence-corrected chi connectivity index (χ1v) is 3.58. The zero-order valence-electron chi connectivity index (χ0n) is 6.93. The van der Waals surface area contributed by atoms with Crippen LogP contribution in [0.3, 0.4) is 0 Å². The maximum Gasteiger partial charge on any atom is 0.304 e. The first kappa shape index (κ1) is 11.8. The molecule has 0 aliphatic carbocycles. The van der Waals surface area contributed by atoms with Crippen LogP contribution in [-0.4, -0.2) is 6.67 Å². The maximum atomic E-state index is 12.7. The van der Waals surface area contributed by atoms with E-state index in [-0.39, 0.29) is 6.07 Å². The standard InChI is InChI=1S/C8H3F7/c9-2-8(14,15)3-1-4(10)6(12)7(13)5(3)11/h1H,2H2. The van der Waals surface area contributed by atoms with Crippen LogP contribution in [0.4, 0.5) is 30.7 Å². The highest BCUT2D eigenvalue weighted by Gasteiger charge is 2.38. The summed E-state index contributed by atoms with van der Waals surface area (Å²) < 4.78 is 86.8. The Hall–Kier alpha value is -1.27. The molecule has 0 heterocycles. The van der Waals surface area contributed by atoms with E-state index in [1.165, 1.54) is 0 Å². The Morgan fingerprint density at radius 1 is 0.933 bits per heavy atom. The van der Waals surface area contributed by atoms with Gasteiger partial charge in [0, 0.05) is 0 Å². The fourth-order valence-electron chi connectivity index (χ4n) is 0.911. The van der Waals surface area contributed by atoms with Gasteiger partial charge in [0.25, 0.3) is 0 Å². The predicted octanol–water partition coefficient (Wildman–Crippen LogP) is 3.30. The van der Waals surface area contributed by atoms with Gasteiger partial charge in [0.2, 0.25) is 0 Å². The van der Waals surface area contributed by atoms with Crippen LogP contribution in [0, 0.1) is 23.3 Å². The molecule has 0 atom stereocenters. The summed E-state index contributed by atoms with van der Waals surface area (Å²) in [7, 11) is 0. The van der Waals surface area contributed by atoms with Crippen LogP contribution >= 0.6 is 0 Å². The minimum absolute atomic E-state index is 0.271. The Balaban J connectivity index is 3.45. The molecule has 0 spiro atoms. The van der Waals surface area contributed by atoms with Crippen molar-refractivity contribution in [3.05, 3.63) is 34.9 Å². The third-order valence-electron chi connectivity index (χ3n) is 1.66. The van der Waals surface area contributed by atoms with Crippen molar-refractivity contribution in [3.63, 3.8) is 0 Å². The number of rotatable bonds is 2. The molecular weight excluding hydrogens is 229 g/mol. The molecule has 1 rings (SSSR count). The number of alkyl halides is 3. The monoisotopic (exact) mass is 232 g/mol. The van der Waals surface area contributed by atoms with E-state index < -0.39 is 41.4 Å². The zero-order chi connectivity index (χ0) is 11.8. The van der Waals surface area contributed by atoms with E-state index in [9.17, 15) is 30.7 Å². The quantitative estimate of drug-likeness (QED) is 0.417. The van der Waals surface area contributed by atoms with Crippen LogP contribution in [0.1, 0.15) is 5.56 Å². The SMILES string of the molecule is FCC(F)(F)c1cc(F)c(F)c(F)c1F. The van der Waals surface area contributed by atoms with E-state index in [2.05, 4.69) is 0 Å². The van der Waals surface area contributed by atoms with Crippen molar-refractivity contribution in [3.8, 4) is 0 Å². The topological polar surface area (TPSA) is 0 Å². The van der Waals surface area contributed by atoms with Crippen LogP contribution in [-0.2, 0) is 5.92 Å². The van der Waals surface area contributed by atoms with E-state index in [1.54, 1.807) is 0 Å². The lowest BCUT2D eigenvalue weighted by Crippen LogP contribution is -2.20. The first-order chi connectivity index (χ1) is 6.81. The van der Waals surface area contributed by atoms with Gasteiger partial charge in [0.1, 0.15) is 0 Å². The van der Waals surface area contributed by atoms with Gasteiger partial charge in [-0.25, -0.2) is 22.0 Å². The number of hydrogen-bond acceptors (Lipinski definition) is 0. The van der Waals surface area contributed by atoms with Crippen LogP contribution in [0.15, 0.2) is 6.07 Å². The molecule has 1 aromatic rings. The molecule has 0 amide bonds. The van der Waals surface area contributed by atoms with E-state index >= 15 is 0 Å². The fraction of sp³-hybridized carbons (Fsp3) is 0.250. The summed E-state index contributed by atoms with van der Waals surface area (Å²) in [4.78, 5) is 0. The van der Waals surface area contributed by atoms with Gasteiger partial charge in [-0.1, -0.05) is 0 Å². The molecule has 0 N–H and O–H groups in total. The van der Waals surface area contributed by atoms with Crippen molar-refractivity contribution in [1.29, 1.82) is 0 Å². The highest BCUT2D eigenvalue weighted by molar-refractivity contribution is 5.25. The second-order valence-corrected chi connectivity index (χ2v) is 2.69. The van der Waals surface area contributed by atoms with Crippen LogP contribution < -0.4 is 0 Å². The molecule has 0 bridgehead atoms. The highest BCUT2D eigenvalue weighted by Crippen LogP contribution is 2.33. The van der Waals surface area contributed by atoms with Gasteiger partial charge in [-0.05, 0) is 6.07 Å². The number of hydrogen-bond donors (Lipinski definition) is 0. The van der Waals surface area contributed by atoms with Gasteiger partial charge in [-0.2, -0.15) is 8.78 Å². The molecule has 0 saturated carbocycles. The van der Waals surface area contributed by atoms with Crippen LogP contribution in [0.25, 0.3) is 0 Å². The lowest BCUT2D eigenvalue weighted by atomic mass is 10.1. The largest absolute Gasteiger partial charge is 0.304 e. The van der Waals surface area contributed by atoms with Gasteiger partial charge >= 0.3 is 5.92 Å². The Kier molecular flexibility index (Phi) is 2.92. The molecule has 0 aromatic heterocycles. The molecular formula is C8H3F7. The summed E-state index contributed by atoms with van der Waals surface area (Å²) in [5.74, 6) is -13.3. The average Bonchev–Trinajstić information content (AvgIpc) is 2.20. The molecule has 0 unspecified atom stereocenters. The van der Waals surface area contributed by atoms with Crippen molar-refractivity contribution < 1.29 is 30.7 Å². The molecule has 15 heavy (non-hydrogen) atoms. The van der Waals surface area contributed by atoms with Gasteiger partial charge in [0.15, 0.2) is 29.9 Å². The predicted molar refractivity (Wildman–Crippen MR) is 36.1 cm³/mol. The van der Waals surface area contributed by atoms with Crippen LogP contribution in [0.2, 0.25) is 0 Å². The van der Waals surface area contributed by atoms with Crippen molar-refractivity contribution >= 4 is 0 Å². The molecule has 0 radical (unpaired) electrons. The van der Waals surface area contributed by atoms with E-state index in [4.69, 9.17) is 0 Å². The minimum atomic E-state index is -4.39. The van der Waals surface area contributed by atoms with E-state index in [1.807, 2.05) is 0 Å². The molecule has 84 valence electrons. The van der Waals surface area contributed by atoms with E-state index in [0.29, 0.717) is 0 Å². The Morgan fingerprint density at radius 2 is 1.47 bits per heavy atom. The van der Waals surface area contributed by atoms with Crippen molar-refractivity contribution in [2.75, 3.05) is 6.67 Å². The van der Waals surface area contributed by atoms with Crippen molar-refractivity contribution in [1.82, 2.24) is 0 Å². The molecule has 0 fully saturated rings. The van der Waals surface area contributed by atoms with Crippen molar-refractivity contribution in [2.45, 2.75) is 5.92 Å². The first-order valence-electron chi connectivity index (χ1n) is 3.58. The summed E-state index contributed by atoms with van der Waals surface area (Å²) in [5.41, 5.74) is -1.85. The summed E-state index contributed by atoms with van der Waals surface area (Å²) in [6, 6.07) is -0.271. The van der Waals surface area contributed by atoms with Gasteiger partial charge in [-0.15, -0.1) is 0 Å². The third kappa shape index (κ3) is 1.91. The number of benzene rings is 1. The smallest absolute Gasteiger partial charge is 0.244 e. The normalized spacial score (nSPS) is 11.9. The highest BCUT2D eigenvalue weighted by atomic mass is 19.3. The van der Waals surface area contributed by atoms with Gasteiger partial charge in [-0.3, -0.25) is 0 Å². The second-order valence-electron chi connectivity index (χ2n) is 2.69. The van der Waals surface area contributed by atoms with Gasteiger partial charge in [0.05, 0.1) is 5.56 Å². The maximum absolute atomic E-state index is 12.7. The molecule has 0 saturated heterocycles. The van der Waals surface area contributed by atoms with E-state index in [0.717, 1.165) is 0 Å². The summed E-state index contributed by atoms with van der Waals surface area (Å²) in [6.07, 6.45) is 0. The van der Waals surface area contributed by atoms with Crippen LogP contribution in [0.5, 0.6) is 0 Å². The molecule has 0 aliphatic heterocycles. The molecule has 1 aromatic carbocycles. The Labute approximate surface area is 79.3 Å².